The van der Waals surface area contributed by atoms with E-state index in [1.807, 2.05) is 6.92 Å². The Morgan fingerprint density at radius 3 is 2.62 bits per heavy atom. The van der Waals surface area contributed by atoms with Crippen LogP contribution in [0.5, 0.6) is 0 Å². The van der Waals surface area contributed by atoms with Crippen LogP contribution in [0.2, 0.25) is 0 Å². The highest BCUT2D eigenvalue weighted by Gasteiger charge is 2.21. The molecule has 2 N–H and O–H groups in total. The van der Waals surface area contributed by atoms with Crippen LogP contribution in [-0.4, -0.2) is 32.5 Å². The van der Waals surface area contributed by atoms with Crippen LogP contribution in [0.1, 0.15) is 44.4 Å². The summed E-state index contributed by atoms with van der Waals surface area (Å²) in [7, 11) is -2.98. The number of rotatable bonds is 5. The van der Waals surface area contributed by atoms with Crippen LogP contribution < -0.4 is 10.6 Å². The topological polar surface area (TPSA) is 63.4 Å². The van der Waals surface area contributed by atoms with E-state index in [2.05, 4.69) is 23.1 Å². The third-order valence-electron chi connectivity index (χ3n) is 4.21. The number of sulfone groups is 1. The summed E-state index contributed by atoms with van der Waals surface area (Å²) in [5.41, 5.74) is 9.54. The van der Waals surface area contributed by atoms with Crippen LogP contribution in [0.25, 0.3) is 0 Å². The average molecular weight is 310 g/mol. The Kier molecular flexibility index (Phi) is 4.94. The number of fused-ring (bicyclic) bond motifs is 1. The highest BCUT2D eigenvalue weighted by molar-refractivity contribution is 7.92. The number of hydrogen-bond acceptors (Lipinski definition) is 4. The summed E-state index contributed by atoms with van der Waals surface area (Å²) in [6, 6.07) is 6.35. The number of nitrogens with two attached hydrogens (primary N) is 1. The molecule has 118 valence electrons. The minimum atomic E-state index is -2.98. The first-order chi connectivity index (χ1) is 9.81. The van der Waals surface area contributed by atoms with Gasteiger partial charge in [-0.15, -0.1) is 0 Å². The number of anilines is 1. The number of nitrogens with zero attached hydrogens (tertiary/aromatic N) is 1. The summed E-state index contributed by atoms with van der Waals surface area (Å²) in [6.07, 6.45) is 2.11. The number of aryl methyl sites for hydroxylation is 1. The van der Waals surface area contributed by atoms with Crippen molar-refractivity contribution in [2.45, 2.75) is 44.9 Å². The summed E-state index contributed by atoms with van der Waals surface area (Å²) in [6.45, 7) is 6.98. The number of hydrogen-bond donors (Lipinski definition) is 1. The smallest absolute Gasteiger partial charge is 0.154 e. The molecule has 1 heterocycles. The quantitative estimate of drug-likeness (QED) is 0.906. The van der Waals surface area contributed by atoms with Gasteiger partial charge >= 0.3 is 0 Å². The summed E-state index contributed by atoms with van der Waals surface area (Å²) in [4.78, 5) is 2.20. The third-order valence-corrected chi connectivity index (χ3v) is 6.40. The molecule has 1 aliphatic heterocycles. The summed E-state index contributed by atoms with van der Waals surface area (Å²) in [5, 5.41) is -0.303. The van der Waals surface area contributed by atoms with Crippen LogP contribution in [0, 0.1) is 0 Å². The van der Waals surface area contributed by atoms with Gasteiger partial charge in [0.15, 0.2) is 9.84 Å². The van der Waals surface area contributed by atoms with Gasteiger partial charge in [0.05, 0.1) is 11.0 Å². The molecule has 0 amide bonds. The van der Waals surface area contributed by atoms with Crippen molar-refractivity contribution in [3.8, 4) is 0 Å². The van der Waals surface area contributed by atoms with Gasteiger partial charge in [0, 0.05) is 24.8 Å². The maximum Gasteiger partial charge on any atom is 0.154 e. The molecule has 0 fully saturated rings. The molecule has 1 aliphatic rings. The molecule has 0 radical (unpaired) electrons. The zero-order valence-electron chi connectivity index (χ0n) is 13.2. The van der Waals surface area contributed by atoms with Crippen LogP contribution in [-0.2, 0) is 16.3 Å². The predicted octanol–water partition coefficient (Wildman–Crippen LogP) is 2.28. The van der Waals surface area contributed by atoms with Crippen molar-refractivity contribution >= 4 is 15.5 Å². The maximum atomic E-state index is 12.0. The minimum absolute atomic E-state index is 0.0343. The first-order valence-electron chi connectivity index (χ1n) is 7.66. The van der Waals surface area contributed by atoms with E-state index in [9.17, 15) is 8.42 Å². The van der Waals surface area contributed by atoms with Gasteiger partial charge in [0.2, 0.25) is 0 Å². The van der Waals surface area contributed by atoms with E-state index in [0.717, 1.165) is 24.9 Å². The first kappa shape index (κ1) is 16.3. The van der Waals surface area contributed by atoms with Crippen molar-refractivity contribution in [1.82, 2.24) is 0 Å². The zero-order valence-corrected chi connectivity index (χ0v) is 14.0. The summed E-state index contributed by atoms with van der Waals surface area (Å²) < 4.78 is 24.0. The first-order valence-corrected chi connectivity index (χ1v) is 9.37. The fourth-order valence-corrected chi connectivity index (χ4v) is 3.63. The molecular weight excluding hydrogens is 284 g/mol. The van der Waals surface area contributed by atoms with Crippen LogP contribution in [0.15, 0.2) is 18.2 Å². The fraction of sp³-hybridized carbons (Fsp3) is 0.625. The molecule has 1 unspecified atom stereocenters. The number of benzene rings is 1. The molecule has 4 nitrogen and oxygen atoms in total. The molecule has 0 aromatic heterocycles. The molecule has 0 spiro atoms. The molecule has 5 heteroatoms. The van der Waals surface area contributed by atoms with E-state index in [0.29, 0.717) is 6.54 Å². The largest absolute Gasteiger partial charge is 0.370 e. The van der Waals surface area contributed by atoms with E-state index in [-0.39, 0.29) is 17.0 Å². The molecule has 2 rings (SSSR count). The van der Waals surface area contributed by atoms with Gasteiger partial charge in [-0.3, -0.25) is 0 Å². The van der Waals surface area contributed by atoms with Gasteiger partial charge in [-0.25, -0.2) is 8.42 Å². The van der Waals surface area contributed by atoms with Crippen molar-refractivity contribution in [2.75, 3.05) is 23.7 Å². The Labute approximate surface area is 128 Å². The van der Waals surface area contributed by atoms with E-state index < -0.39 is 9.84 Å². The molecule has 1 aromatic carbocycles. The van der Waals surface area contributed by atoms with Gasteiger partial charge in [-0.05, 0) is 50.8 Å². The molecule has 1 atom stereocenters. The average Bonchev–Trinajstić information content (AvgIpc) is 2.44. The van der Waals surface area contributed by atoms with Crippen LogP contribution in [0.3, 0.4) is 0 Å². The molecule has 1 aromatic rings. The normalized spacial score (nSPS) is 16.9. The van der Waals surface area contributed by atoms with Crippen molar-refractivity contribution in [3.63, 3.8) is 0 Å². The van der Waals surface area contributed by atoms with Gasteiger partial charge in [0.25, 0.3) is 0 Å². The van der Waals surface area contributed by atoms with Crippen molar-refractivity contribution < 1.29 is 8.42 Å². The van der Waals surface area contributed by atoms with Crippen molar-refractivity contribution in [1.29, 1.82) is 0 Å². The van der Waals surface area contributed by atoms with E-state index >= 15 is 0 Å². The Bertz CT molecular complexity index is 594. The highest BCUT2D eigenvalue weighted by atomic mass is 32.2. The van der Waals surface area contributed by atoms with E-state index in [1.165, 1.54) is 11.3 Å². The maximum absolute atomic E-state index is 12.0. The summed E-state index contributed by atoms with van der Waals surface area (Å²) in [5.74, 6) is 0.221. The van der Waals surface area contributed by atoms with E-state index in [1.54, 1.807) is 13.8 Å². The molecule has 0 bridgehead atoms. The third kappa shape index (κ3) is 3.77. The van der Waals surface area contributed by atoms with Gasteiger partial charge in [-0.1, -0.05) is 12.1 Å². The monoisotopic (exact) mass is 310 g/mol. The molecule has 0 aliphatic carbocycles. The Balaban J connectivity index is 2.15. The van der Waals surface area contributed by atoms with Gasteiger partial charge in [0.1, 0.15) is 0 Å². The molecule has 21 heavy (non-hydrogen) atoms. The second-order valence-electron chi connectivity index (χ2n) is 6.18. The lowest BCUT2D eigenvalue weighted by atomic mass is 9.97. The standard InChI is InChI=1S/C16H26N2O2S/c1-12(2)21(19,20)10-9-18-8-4-5-15-11-14(13(3)17)6-7-16(15)18/h6-7,11-13H,4-5,8-10,17H2,1-3H3. The lowest BCUT2D eigenvalue weighted by Crippen LogP contribution is -2.35. The van der Waals surface area contributed by atoms with Gasteiger partial charge in [-0.2, -0.15) is 0 Å². The van der Waals surface area contributed by atoms with Crippen LogP contribution in [0.4, 0.5) is 5.69 Å². The van der Waals surface area contributed by atoms with Crippen molar-refractivity contribution in [2.24, 2.45) is 5.73 Å². The van der Waals surface area contributed by atoms with E-state index in [4.69, 9.17) is 5.73 Å². The second kappa shape index (κ2) is 6.36. The molecule has 0 saturated heterocycles. The second-order valence-corrected chi connectivity index (χ2v) is 8.86. The highest BCUT2D eigenvalue weighted by Crippen LogP contribution is 2.29. The Morgan fingerprint density at radius 1 is 1.29 bits per heavy atom. The van der Waals surface area contributed by atoms with Crippen LogP contribution >= 0.6 is 0 Å². The minimum Gasteiger partial charge on any atom is -0.370 e. The predicted molar refractivity (Wildman–Crippen MR) is 88.5 cm³/mol. The Hall–Kier alpha value is -1.07. The summed E-state index contributed by atoms with van der Waals surface area (Å²) >= 11 is 0. The molecule has 0 saturated carbocycles. The Morgan fingerprint density at radius 2 is 2.00 bits per heavy atom. The van der Waals surface area contributed by atoms with Crippen molar-refractivity contribution in [3.05, 3.63) is 29.3 Å². The lowest BCUT2D eigenvalue weighted by Gasteiger charge is -2.32. The SMILES string of the molecule is CC(N)c1ccc2c(c1)CCCN2CCS(=O)(=O)C(C)C. The zero-order chi connectivity index (χ0) is 15.6. The van der Waals surface area contributed by atoms with Gasteiger partial charge < -0.3 is 10.6 Å². The molecular formula is C16H26N2O2S. The lowest BCUT2D eigenvalue weighted by molar-refractivity contribution is 0.584. The fourth-order valence-electron chi connectivity index (χ4n) is 2.68.